The molecule has 0 fully saturated rings. The van der Waals surface area contributed by atoms with Gasteiger partial charge in [-0.05, 0) is 18.9 Å². The van der Waals surface area contributed by atoms with Crippen molar-refractivity contribution in [2.24, 2.45) is 5.92 Å². The maximum Gasteiger partial charge on any atom is 0.307 e. The van der Waals surface area contributed by atoms with Gasteiger partial charge in [-0.3, -0.25) is 9.59 Å². The fraction of sp³-hybridized carbons (Fsp3) is 0.385. The number of carboxylic acids is 1. The number of aryl methyl sites for hydroxylation is 1. The van der Waals surface area contributed by atoms with Crippen LogP contribution in [0.15, 0.2) is 24.3 Å². The molecule has 1 atom stereocenters. The largest absolute Gasteiger partial charge is 0.481 e. The predicted octanol–water partition coefficient (Wildman–Crippen LogP) is 2.52. The van der Waals surface area contributed by atoms with Crippen LogP contribution in [0.3, 0.4) is 0 Å². The van der Waals surface area contributed by atoms with E-state index in [-0.39, 0.29) is 5.12 Å². The first kappa shape index (κ1) is 13.8. The van der Waals surface area contributed by atoms with Crippen LogP contribution >= 0.6 is 11.8 Å². The van der Waals surface area contributed by atoms with Gasteiger partial charge in [0.25, 0.3) is 0 Å². The summed E-state index contributed by atoms with van der Waals surface area (Å²) < 4.78 is 0. The van der Waals surface area contributed by atoms with Gasteiger partial charge < -0.3 is 5.11 Å². The Balaban J connectivity index is 2.63. The van der Waals surface area contributed by atoms with Crippen molar-refractivity contribution in [3.8, 4) is 0 Å². The highest BCUT2D eigenvalue weighted by molar-refractivity contribution is 8.13. The number of carboxylic acid groups (broad SMARTS) is 1. The maximum atomic E-state index is 11.1. The van der Waals surface area contributed by atoms with Gasteiger partial charge in [-0.2, -0.15) is 0 Å². The van der Waals surface area contributed by atoms with E-state index in [4.69, 9.17) is 5.11 Å². The Hall–Kier alpha value is -1.29. The summed E-state index contributed by atoms with van der Waals surface area (Å²) >= 11 is 1.07. The minimum Gasteiger partial charge on any atom is -0.481 e. The molecule has 1 rings (SSSR count). The summed E-state index contributed by atoms with van der Waals surface area (Å²) in [6.07, 6.45) is 0.468. The molecule has 0 aromatic heterocycles. The van der Waals surface area contributed by atoms with Gasteiger partial charge >= 0.3 is 5.97 Å². The first-order valence-corrected chi connectivity index (χ1v) is 6.39. The van der Waals surface area contributed by atoms with Crippen molar-refractivity contribution in [1.82, 2.24) is 0 Å². The molecule has 4 heteroatoms. The van der Waals surface area contributed by atoms with E-state index in [1.165, 1.54) is 6.92 Å². The number of rotatable bonds is 5. The van der Waals surface area contributed by atoms with E-state index >= 15 is 0 Å². The Morgan fingerprint density at radius 3 is 2.35 bits per heavy atom. The van der Waals surface area contributed by atoms with Crippen LogP contribution in [-0.2, 0) is 16.0 Å². The highest BCUT2D eigenvalue weighted by Crippen LogP contribution is 2.16. The molecule has 0 radical (unpaired) electrons. The van der Waals surface area contributed by atoms with Gasteiger partial charge in [0.2, 0.25) is 0 Å². The Bertz CT molecular complexity index is 398. The molecule has 92 valence electrons. The Labute approximate surface area is 105 Å². The molecule has 1 aromatic rings. The molecule has 1 aromatic carbocycles. The molecule has 0 saturated carbocycles. The zero-order valence-electron chi connectivity index (χ0n) is 9.97. The standard InChI is InChI=1S/C13H16O3S/c1-9-3-5-11(6-4-9)7-12(13(15)16)8-17-10(2)14/h3-6,12H,7-8H2,1-2H3,(H,15,16). The molecule has 0 aliphatic carbocycles. The van der Waals surface area contributed by atoms with Gasteiger partial charge in [0.1, 0.15) is 0 Å². The van der Waals surface area contributed by atoms with Crippen molar-refractivity contribution in [3.05, 3.63) is 35.4 Å². The van der Waals surface area contributed by atoms with Crippen LogP contribution < -0.4 is 0 Å². The summed E-state index contributed by atoms with van der Waals surface area (Å²) in [5.74, 6) is -1.02. The monoisotopic (exact) mass is 252 g/mol. The average molecular weight is 252 g/mol. The SMILES string of the molecule is CC(=O)SCC(Cc1ccc(C)cc1)C(=O)O. The van der Waals surface area contributed by atoms with Crippen LogP contribution in [0.2, 0.25) is 0 Å². The molecule has 17 heavy (non-hydrogen) atoms. The second kappa shape index (κ2) is 6.45. The summed E-state index contributed by atoms with van der Waals surface area (Å²) in [7, 11) is 0. The van der Waals surface area contributed by atoms with Crippen molar-refractivity contribution >= 4 is 22.8 Å². The molecule has 0 amide bonds. The molecular weight excluding hydrogens is 236 g/mol. The number of carbonyl (C=O) groups excluding carboxylic acids is 1. The zero-order valence-corrected chi connectivity index (χ0v) is 10.8. The quantitative estimate of drug-likeness (QED) is 0.875. The van der Waals surface area contributed by atoms with E-state index in [0.29, 0.717) is 12.2 Å². The number of hydrogen-bond acceptors (Lipinski definition) is 3. The lowest BCUT2D eigenvalue weighted by Crippen LogP contribution is -2.19. The van der Waals surface area contributed by atoms with Crippen LogP contribution in [-0.4, -0.2) is 21.9 Å². The van der Waals surface area contributed by atoms with E-state index in [9.17, 15) is 9.59 Å². The lowest BCUT2D eigenvalue weighted by atomic mass is 10.0. The van der Waals surface area contributed by atoms with E-state index in [1.54, 1.807) is 0 Å². The van der Waals surface area contributed by atoms with Gasteiger partial charge in [0, 0.05) is 12.7 Å². The van der Waals surface area contributed by atoms with Crippen molar-refractivity contribution in [2.75, 3.05) is 5.75 Å². The first-order valence-electron chi connectivity index (χ1n) is 5.40. The molecule has 1 unspecified atom stereocenters. The van der Waals surface area contributed by atoms with Crippen molar-refractivity contribution < 1.29 is 14.7 Å². The molecule has 0 heterocycles. The van der Waals surface area contributed by atoms with E-state index < -0.39 is 11.9 Å². The molecule has 0 spiro atoms. The third-order valence-corrected chi connectivity index (χ3v) is 3.42. The molecule has 3 nitrogen and oxygen atoms in total. The number of hydrogen-bond donors (Lipinski definition) is 1. The fourth-order valence-corrected chi connectivity index (χ4v) is 2.14. The van der Waals surface area contributed by atoms with Crippen LogP contribution in [0.5, 0.6) is 0 Å². The summed E-state index contributed by atoms with van der Waals surface area (Å²) in [6, 6.07) is 7.80. The zero-order chi connectivity index (χ0) is 12.8. The summed E-state index contributed by atoms with van der Waals surface area (Å²) in [5, 5.41) is 9.04. The minimum atomic E-state index is -0.848. The molecule has 0 aliphatic heterocycles. The molecule has 0 aliphatic rings. The van der Waals surface area contributed by atoms with Gasteiger partial charge in [-0.15, -0.1) is 0 Å². The van der Waals surface area contributed by atoms with E-state index in [2.05, 4.69) is 0 Å². The van der Waals surface area contributed by atoms with Crippen LogP contribution in [0.1, 0.15) is 18.1 Å². The lowest BCUT2D eigenvalue weighted by Gasteiger charge is -2.11. The van der Waals surface area contributed by atoms with Crippen molar-refractivity contribution in [3.63, 3.8) is 0 Å². The van der Waals surface area contributed by atoms with Gasteiger partial charge in [-0.25, -0.2) is 0 Å². The predicted molar refractivity (Wildman–Crippen MR) is 69.1 cm³/mol. The average Bonchev–Trinajstić information content (AvgIpc) is 2.26. The number of aliphatic carboxylic acids is 1. The third-order valence-electron chi connectivity index (χ3n) is 2.44. The van der Waals surface area contributed by atoms with Crippen LogP contribution in [0, 0.1) is 12.8 Å². The Kier molecular flexibility index (Phi) is 5.22. The summed E-state index contributed by atoms with van der Waals surface area (Å²) in [4.78, 5) is 21.9. The van der Waals surface area contributed by atoms with Crippen molar-refractivity contribution in [2.45, 2.75) is 20.3 Å². The third kappa shape index (κ3) is 5.04. The Morgan fingerprint density at radius 2 is 1.88 bits per heavy atom. The van der Waals surface area contributed by atoms with Crippen LogP contribution in [0.25, 0.3) is 0 Å². The van der Waals surface area contributed by atoms with Gasteiger partial charge in [-0.1, -0.05) is 41.6 Å². The topological polar surface area (TPSA) is 54.4 Å². The molecule has 1 N–H and O–H groups in total. The summed E-state index contributed by atoms with van der Waals surface area (Å²) in [5.41, 5.74) is 2.14. The van der Waals surface area contributed by atoms with Gasteiger partial charge in [0.05, 0.1) is 5.92 Å². The molecule has 0 bridgehead atoms. The number of thioether (sulfide) groups is 1. The molecular formula is C13H16O3S. The van der Waals surface area contributed by atoms with Gasteiger partial charge in [0.15, 0.2) is 5.12 Å². The fourth-order valence-electron chi connectivity index (χ4n) is 1.44. The smallest absolute Gasteiger partial charge is 0.307 e. The van der Waals surface area contributed by atoms with E-state index in [0.717, 1.165) is 22.9 Å². The number of benzene rings is 1. The first-order chi connectivity index (χ1) is 7.99. The van der Waals surface area contributed by atoms with Crippen molar-refractivity contribution in [1.29, 1.82) is 0 Å². The Morgan fingerprint density at radius 1 is 1.29 bits per heavy atom. The highest BCUT2D eigenvalue weighted by Gasteiger charge is 2.18. The van der Waals surface area contributed by atoms with E-state index in [1.807, 2.05) is 31.2 Å². The molecule has 0 saturated heterocycles. The lowest BCUT2D eigenvalue weighted by molar-refractivity contribution is -0.140. The normalized spacial score (nSPS) is 12.1. The summed E-state index contributed by atoms with van der Waals surface area (Å²) in [6.45, 7) is 3.44. The second-order valence-electron chi connectivity index (χ2n) is 4.03. The van der Waals surface area contributed by atoms with Crippen LogP contribution in [0.4, 0.5) is 0 Å². The minimum absolute atomic E-state index is 0.0415. The number of carbonyl (C=O) groups is 2. The highest BCUT2D eigenvalue weighted by atomic mass is 32.2. The maximum absolute atomic E-state index is 11.1. The second-order valence-corrected chi connectivity index (χ2v) is 5.22.